The number of aryl methyl sites for hydroxylation is 1. The number of nitrogens with one attached hydrogen (secondary N) is 2. The van der Waals surface area contributed by atoms with Crippen molar-refractivity contribution in [2.24, 2.45) is 10.7 Å². The lowest BCUT2D eigenvalue weighted by Crippen LogP contribution is -2.64. The fourth-order valence-electron chi connectivity index (χ4n) is 4.46. The van der Waals surface area contributed by atoms with Gasteiger partial charge in [-0.2, -0.15) is 0 Å². The molecule has 0 saturated carbocycles. The first kappa shape index (κ1) is 21.5. The number of rotatable bonds is 3. The van der Waals surface area contributed by atoms with Crippen molar-refractivity contribution in [3.05, 3.63) is 53.4 Å². The van der Waals surface area contributed by atoms with E-state index in [0.29, 0.717) is 24.5 Å². The maximum absolute atomic E-state index is 15.1. The average molecular weight is 447 g/mol. The van der Waals surface area contributed by atoms with Crippen molar-refractivity contribution < 1.29 is 13.4 Å². The highest BCUT2D eigenvalue weighted by Gasteiger charge is 2.58. The normalized spacial score (nSPS) is 27.1. The molecular formula is C21H27FN6O2S. The van der Waals surface area contributed by atoms with E-state index in [1.54, 1.807) is 19.9 Å². The van der Waals surface area contributed by atoms with Gasteiger partial charge in [0.25, 0.3) is 5.91 Å². The van der Waals surface area contributed by atoms with Gasteiger partial charge in [0.05, 0.1) is 15.6 Å². The highest BCUT2D eigenvalue weighted by atomic mass is 32.3. The summed E-state index contributed by atoms with van der Waals surface area (Å²) in [6, 6.07) is 4.29. The van der Waals surface area contributed by atoms with Crippen molar-refractivity contribution in [3.8, 4) is 0 Å². The van der Waals surface area contributed by atoms with Crippen LogP contribution in [0.5, 0.6) is 0 Å². The van der Waals surface area contributed by atoms with Gasteiger partial charge in [0.1, 0.15) is 23.0 Å². The Kier molecular flexibility index (Phi) is 4.97. The molecule has 4 N–H and O–H groups in total. The van der Waals surface area contributed by atoms with Crippen molar-refractivity contribution in [3.63, 3.8) is 0 Å². The molecule has 0 unspecified atom stereocenters. The van der Waals surface area contributed by atoms with Gasteiger partial charge in [-0.05, 0) is 62.4 Å². The van der Waals surface area contributed by atoms with Crippen LogP contribution in [0, 0.1) is 12.7 Å². The van der Waals surface area contributed by atoms with Crippen molar-refractivity contribution in [2.45, 2.75) is 49.7 Å². The van der Waals surface area contributed by atoms with Crippen molar-refractivity contribution in [1.29, 1.82) is 0 Å². The second kappa shape index (κ2) is 7.16. The highest BCUT2D eigenvalue weighted by molar-refractivity contribution is 8.04. The zero-order valence-corrected chi connectivity index (χ0v) is 18.8. The van der Waals surface area contributed by atoms with Crippen LogP contribution in [-0.4, -0.2) is 42.5 Å². The smallest absolute Gasteiger partial charge is 0.258 e. The van der Waals surface area contributed by atoms with Crippen molar-refractivity contribution in [2.75, 3.05) is 11.9 Å². The van der Waals surface area contributed by atoms with Crippen LogP contribution in [0.15, 0.2) is 35.6 Å². The lowest BCUT2D eigenvalue weighted by Gasteiger charge is -2.50. The van der Waals surface area contributed by atoms with Crippen LogP contribution < -0.4 is 15.8 Å². The van der Waals surface area contributed by atoms with E-state index in [0.717, 1.165) is 0 Å². The van der Waals surface area contributed by atoms with Crippen LogP contribution in [0.2, 0.25) is 0 Å². The summed E-state index contributed by atoms with van der Waals surface area (Å²) >= 11 is 0. The molecule has 1 saturated heterocycles. The molecule has 1 amide bonds. The number of halogens is 1. The second-order valence-electron chi connectivity index (χ2n) is 8.74. The molecule has 8 nitrogen and oxygen atoms in total. The van der Waals surface area contributed by atoms with Gasteiger partial charge in [0, 0.05) is 30.2 Å². The minimum atomic E-state index is -3.01. The maximum atomic E-state index is 15.1. The van der Waals surface area contributed by atoms with Crippen LogP contribution in [0.1, 0.15) is 48.9 Å². The van der Waals surface area contributed by atoms with Crippen LogP contribution in [0.3, 0.4) is 0 Å². The monoisotopic (exact) mass is 446 g/mol. The highest BCUT2D eigenvalue weighted by Crippen LogP contribution is 2.49. The quantitative estimate of drug-likeness (QED) is 0.536. The zero-order valence-electron chi connectivity index (χ0n) is 17.9. The zero-order chi connectivity index (χ0) is 22.6. The molecule has 0 aliphatic carbocycles. The molecular weight excluding hydrogens is 419 g/mol. The van der Waals surface area contributed by atoms with Crippen LogP contribution >= 0.6 is 0 Å². The van der Waals surface area contributed by atoms with Gasteiger partial charge < -0.3 is 11.1 Å². The van der Waals surface area contributed by atoms with Gasteiger partial charge in [-0.1, -0.05) is 0 Å². The predicted octanol–water partition coefficient (Wildman–Crippen LogP) is 1.83. The topological polar surface area (TPSA) is 122 Å². The third-order valence-corrected chi connectivity index (χ3v) is 10.7. The molecule has 2 aliphatic heterocycles. The van der Waals surface area contributed by atoms with E-state index >= 15 is 4.39 Å². The molecule has 166 valence electrons. The van der Waals surface area contributed by atoms with Gasteiger partial charge in [-0.3, -0.25) is 18.7 Å². The van der Waals surface area contributed by atoms with Crippen LogP contribution in [0.4, 0.5) is 10.1 Å². The van der Waals surface area contributed by atoms with Gasteiger partial charge in [0.15, 0.2) is 0 Å². The lowest BCUT2D eigenvalue weighted by atomic mass is 9.85. The molecule has 2 atom stereocenters. The Morgan fingerprint density at radius 3 is 2.65 bits per heavy atom. The van der Waals surface area contributed by atoms with Gasteiger partial charge in [0.2, 0.25) is 0 Å². The SMILES string of the molecule is Cc1ncc(C(=O)Nc2ccc(F)c([C@@]3(C)N=C(N)C(C)(C)[SH]4(=O)NCC[C@@H]34)c2)cn1. The van der Waals surface area contributed by atoms with Crippen LogP contribution in [-0.2, 0) is 15.7 Å². The molecule has 1 aromatic heterocycles. The molecule has 0 radical (unpaired) electrons. The number of carbonyl (C=O) groups excluding carboxylic acids is 1. The summed E-state index contributed by atoms with van der Waals surface area (Å²) in [6.45, 7) is 7.66. The lowest BCUT2D eigenvalue weighted by molar-refractivity contribution is 0.102. The summed E-state index contributed by atoms with van der Waals surface area (Å²) in [7, 11) is -3.01. The summed E-state index contributed by atoms with van der Waals surface area (Å²) < 4.78 is 31.4. The summed E-state index contributed by atoms with van der Waals surface area (Å²) in [5.41, 5.74) is 6.05. The van der Waals surface area contributed by atoms with Gasteiger partial charge in [-0.15, -0.1) is 0 Å². The number of nitrogens with two attached hydrogens (primary N) is 1. The number of nitrogens with zero attached hydrogens (tertiary/aromatic N) is 3. The molecule has 31 heavy (non-hydrogen) atoms. The number of carbonyl (C=O) groups is 1. The number of hydrogen-bond acceptors (Lipinski definition) is 6. The third kappa shape index (κ3) is 3.25. The molecule has 2 aromatic rings. The molecule has 2 aliphatic rings. The van der Waals surface area contributed by atoms with E-state index in [2.05, 4.69) is 25.0 Å². The number of fused-ring (bicyclic) bond motifs is 1. The number of aliphatic imine (C=N–C) groups is 1. The average Bonchev–Trinajstić information content (AvgIpc) is 3.13. The number of amides is 1. The molecule has 0 bridgehead atoms. The van der Waals surface area contributed by atoms with E-state index in [1.165, 1.54) is 24.5 Å². The minimum Gasteiger partial charge on any atom is -0.386 e. The Morgan fingerprint density at radius 1 is 1.29 bits per heavy atom. The summed E-state index contributed by atoms with van der Waals surface area (Å²) in [5.74, 6) is -0.119. The number of thiol groups is 1. The number of anilines is 1. The Balaban J connectivity index is 1.74. The molecule has 1 fully saturated rings. The predicted molar refractivity (Wildman–Crippen MR) is 120 cm³/mol. The van der Waals surface area contributed by atoms with Gasteiger partial charge >= 0.3 is 0 Å². The number of hydrogen-bond donors (Lipinski definition) is 4. The summed E-state index contributed by atoms with van der Waals surface area (Å²) in [5, 5.41) is 2.34. The number of amidine groups is 1. The standard InChI is InChI=1S/C21H27FN6O2S/c1-12-24-10-13(11-25-12)18(29)27-14-5-6-16(22)15(9-14)21(4)17-7-8-26-31(17,30)20(2,3)19(23)28-21/h5-6,9-11,17,31H,7-8H2,1-4H3,(H2,23,28)(H,26,30)(H,27,29)/t17-,21+/m0/s1. The number of benzene rings is 1. The maximum Gasteiger partial charge on any atom is 0.258 e. The van der Waals surface area contributed by atoms with E-state index in [4.69, 9.17) is 5.73 Å². The van der Waals surface area contributed by atoms with Crippen LogP contribution in [0.25, 0.3) is 0 Å². The Bertz CT molecular complexity index is 1130. The Hall–Kier alpha value is -2.72. The molecule has 0 spiro atoms. The largest absolute Gasteiger partial charge is 0.386 e. The van der Waals surface area contributed by atoms with E-state index in [-0.39, 0.29) is 17.0 Å². The Labute approximate surface area is 181 Å². The fraction of sp³-hybridized carbons (Fsp3) is 0.429. The minimum absolute atomic E-state index is 0.231. The molecule has 1 aromatic carbocycles. The van der Waals surface area contributed by atoms with Crippen molar-refractivity contribution >= 4 is 27.5 Å². The van der Waals surface area contributed by atoms with E-state index in [1.807, 2.05) is 13.8 Å². The van der Waals surface area contributed by atoms with E-state index in [9.17, 15) is 9.00 Å². The second-order valence-corrected chi connectivity index (χ2v) is 12.1. The molecule has 4 rings (SSSR count). The molecule has 10 heteroatoms. The Morgan fingerprint density at radius 2 is 1.97 bits per heavy atom. The first-order chi connectivity index (χ1) is 14.5. The van der Waals surface area contributed by atoms with Gasteiger partial charge in [-0.25, -0.2) is 14.4 Å². The first-order valence-corrected chi connectivity index (χ1v) is 11.9. The van der Waals surface area contributed by atoms with Crippen molar-refractivity contribution in [1.82, 2.24) is 14.7 Å². The van der Waals surface area contributed by atoms with E-state index < -0.39 is 37.4 Å². The number of aromatic nitrogens is 2. The summed E-state index contributed by atoms with van der Waals surface area (Å²) in [4.78, 5) is 25.3. The third-order valence-electron chi connectivity index (χ3n) is 6.47. The first-order valence-electron chi connectivity index (χ1n) is 10.1. The molecule has 3 heterocycles. The summed E-state index contributed by atoms with van der Waals surface area (Å²) in [6.07, 6.45) is 3.45. The fourth-order valence-corrected chi connectivity index (χ4v) is 8.10.